The predicted molar refractivity (Wildman–Crippen MR) is 69.9 cm³/mol. The summed E-state index contributed by atoms with van der Waals surface area (Å²) in [7, 11) is 0. The molecule has 1 amide bonds. The molecule has 0 spiro atoms. The summed E-state index contributed by atoms with van der Waals surface area (Å²) in [5, 5.41) is 7.91. The first-order valence-corrected chi connectivity index (χ1v) is 6.58. The van der Waals surface area contributed by atoms with Gasteiger partial charge in [0.2, 0.25) is 5.91 Å². The van der Waals surface area contributed by atoms with Gasteiger partial charge in [-0.05, 0) is 19.4 Å². The molecule has 0 bridgehead atoms. The minimum absolute atomic E-state index is 0.0999. The molecule has 0 aliphatic carbocycles. The van der Waals surface area contributed by atoms with Crippen molar-refractivity contribution in [1.29, 1.82) is 0 Å². The van der Waals surface area contributed by atoms with E-state index in [0.29, 0.717) is 13.0 Å². The van der Waals surface area contributed by atoms with Crippen molar-refractivity contribution >= 4 is 5.91 Å². The van der Waals surface area contributed by atoms with Crippen LogP contribution in [0.4, 0.5) is 0 Å². The van der Waals surface area contributed by atoms with Crippen LogP contribution in [0.3, 0.4) is 0 Å². The van der Waals surface area contributed by atoms with Crippen LogP contribution in [0.1, 0.15) is 32.4 Å². The van der Waals surface area contributed by atoms with E-state index in [1.807, 2.05) is 4.90 Å². The summed E-state index contributed by atoms with van der Waals surface area (Å²) in [6, 6.07) is 0. The largest absolute Gasteiger partial charge is 0.341 e. The third kappa shape index (κ3) is 4.44. The van der Waals surface area contributed by atoms with Crippen LogP contribution in [0.25, 0.3) is 0 Å². The number of hydrogen-bond acceptors (Lipinski definition) is 4. The summed E-state index contributed by atoms with van der Waals surface area (Å²) in [5.41, 5.74) is 6.28. The van der Waals surface area contributed by atoms with Gasteiger partial charge in [-0.15, -0.1) is 5.10 Å². The molecular formula is C12H23N5O. The maximum absolute atomic E-state index is 12.1. The molecule has 1 rings (SSSR count). The highest BCUT2D eigenvalue weighted by Gasteiger charge is 2.13. The Hall–Kier alpha value is -1.43. The molecule has 1 aromatic rings. The van der Waals surface area contributed by atoms with Crippen molar-refractivity contribution in [2.45, 2.75) is 39.7 Å². The van der Waals surface area contributed by atoms with Gasteiger partial charge < -0.3 is 10.6 Å². The maximum atomic E-state index is 12.1. The fourth-order valence-corrected chi connectivity index (χ4v) is 1.82. The van der Waals surface area contributed by atoms with Gasteiger partial charge >= 0.3 is 0 Å². The van der Waals surface area contributed by atoms with Crippen molar-refractivity contribution in [1.82, 2.24) is 19.9 Å². The summed E-state index contributed by atoms with van der Waals surface area (Å²) >= 11 is 0. The highest BCUT2D eigenvalue weighted by atomic mass is 16.2. The van der Waals surface area contributed by atoms with Crippen LogP contribution in [0.2, 0.25) is 0 Å². The molecule has 0 aliphatic heterocycles. The average molecular weight is 253 g/mol. The van der Waals surface area contributed by atoms with Gasteiger partial charge in [0.15, 0.2) is 0 Å². The molecule has 6 nitrogen and oxygen atoms in total. The number of carbonyl (C=O) groups excluding carboxylic acids is 1. The van der Waals surface area contributed by atoms with Gasteiger partial charge in [0.1, 0.15) is 6.54 Å². The topological polar surface area (TPSA) is 77.0 Å². The molecule has 18 heavy (non-hydrogen) atoms. The minimum atomic E-state index is 0.0999. The van der Waals surface area contributed by atoms with Gasteiger partial charge in [-0.1, -0.05) is 19.1 Å². The van der Waals surface area contributed by atoms with E-state index in [9.17, 15) is 4.79 Å². The van der Waals surface area contributed by atoms with E-state index in [-0.39, 0.29) is 12.5 Å². The van der Waals surface area contributed by atoms with Gasteiger partial charge in [0.25, 0.3) is 0 Å². The van der Waals surface area contributed by atoms with Crippen LogP contribution in [-0.2, 0) is 17.8 Å². The molecule has 0 aliphatic rings. The van der Waals surface area contributed by atoms with Crippen molar-refractivity contribution < 1.29 is 4.79 Å². The Morgan fingerprint density at radius 3 is 2.61 bits per heavy atom. The standard InChI is InChI=1S/C12H23N5O/c1-3-7-16(8-4-2)12(18)10-17-9-11(5-6-13)14-15-17/h9H,3-8,10,13H2,1-2H3. The van der Waals surface area contributed by atoms with E-state index in [2.05, 4.69) is 24.2 Å². The van der Waals surface area contributed by atoms with E-state index in [1.165, 1.54) is 0 Å². The molecule has 0 fully saturated rings. The molecule has 6 heteroatoms. The van der Waals surface area contributed by atoms with Crippen LogP contribution in [-0.4, -0.2) is 45.4 Å². The van der Waals surface area contributed by atoms with Crippen LogP contribution in [0.5, 0.6) is 0 Å². The minimum Gasteiger partial charge on any atom is -0.341 e. The Kier molecular flexibility index (Phi) is 6.35. The SMILES string of the molecule is CCCN(CCC)C(=O)Cn1cc(CCN)nn1. The first-order valence-electron chi connectivity index (χ1n) is 6.58. The molecule has 0 saturated heterocycles. The Labute approximate surface area is 108 Å². The van der Waals surface area contributed by atoms with E-state index in [4.69, 9.17) is 5.73 Å². The average Bonchev–Trinajstić information content (AvgIpc) is 2.77. The van der Waals surface area contributed by atoms with Crippen molar-refractivity contribution in [3.8, 4) is 0 Å². The zero-order valence-corrected chi connectivity index (χ0v) is 11.3. The predicted octanol–water partition coefficient (Wildman–Crippen LogP) is 0.428. The third-order valence-corrected chi connectivity index (χ3v) is 2.62. The van der Waals surface area contributed by atoms with E-state index in [0.717, 1.165) is 31.6 Å². The Morgan fingerprint density at radius 1 is 1.39 bits per heavy atom. The second-order valence-corrected chi connectivity index (χ2v) is 4.33. The normalized spacial score (nSPS) is 10.6. The van der Waals surface area contributed by atoms with E-state index < -0.39 is 0 Å². The van der Waals surface area contributed by atoms with E-state index in [1.54, 1.807) is 10.9 Å². The number of nitrogens with zero attached hydrogens (tertiary/aromatic N) is 4. The lowest BCUT2D eigenvalue weighted by molar-refractivity contribution is -0.132. The number of rotatable bonds is 8. The van der Waals surface area contributed by atoms with Crippen LogP contribution in [0, 0.1) is 0 Å². The molecule has 102 valence electrons. The number of carbonyl (C=O) groups is 1. The summed E-state index contributed by atoms with van der Waals surface area (Å²) < 4.78 is 1.59. The first-order chi connectivity index (χ1) is 8.71. The summed E-state index contributed by atoms with van der Waals surface area (Å²) in [5.74, 6) is 0.0999. The van der Waals surface area contributed by atoms with E-state index >= 15 is 0 Å². The van der Waals surface area contributed by atoms with Crippen molar-refractivity contribution in [3.05, 3.63) is 11.9 Å². The van der Waals surface area contributed by atoms with Crippen molar-refractivity contribution in [2.24, 2.45) is 5.73 Å². The molecule has 0 atom stereocenters. The van der Waals surface area contributed by atoms with Gasteiger partial charge in [-0.25, -0.2) is 4.68 Å². The molecule has 0 aromatic carbocycles. The highest BCUT2D eigenvalue weighted by molar-refractivity contribution is 5.75. The fraction of sp³-hybridized carbons (Fsp3) is 0.750. The smallest absolute Gasteiger partial charge is 0.244 e. The van der Waals surface area contributed by atoms with Gasteiger partial charge in [-0.3, -0.25) is 4.79 Å². The summed E-state index contributed by atoms with van der Waals surface area (Å²) in [6.07, 6.45) is 4.44. The number of amides is 1. The lowest BCUT2D eigenvalue weighted by atomic mass is 10.3. The molecular weight excluding hydrogens is 230 g/mol. The molecule has 1 heterocycles. The molecule has 0 unspecified atom stereocenters. The van der Waals surface area contributed by atoms with Crippen molar-refractivity contribution in [2.75, 3.05) is 19.6 Å². The highest BCUT2D eigenvalue weighted by Crippen LogP contribution is 1.99. The van der Waals surface area contributed by atoms with Crippen LogP contribution < -0.4 is 5.73 Å². The van der Waals surface area contributed by atoms with Gasteiger partial charge in [0, 0.05) is 25.7 Å². The zero-order valence-electron chi connectivity index (χ0n) is 11.3. The van der Waals surface area contributed by atoms with Crippen molar-refractivity contribution in [3.63, 3.8) is 0 Å². The zero-order chi connectivity index (χ0) is 13.4. The fourth-order valence-electron chi connectivity index (χ4n) is 1.82. The monoisotopic (exact) mass is 253 g/mol. The Balaban J connectivity index is 2.55. The molecule has 1 aromatic heterocycles. The first kappa shape index (κ1) is 14.6. The number of hydrogen-bond donors (Lipinski definition) is 1. The second-order valence-electron chi connectivity index (χ2n) is 4.33. The van der Waals surface area contributed by atoms with Gasteiger partial charge in [0.05, 0.1) is 5.69 Å². The van der Waals surface area contributed by atoms with Crippen LogP contribution >= 0.6 is 0 Å². The molecule has 0 saturated carbocycles. The quantitative estimate of drug-likeness (QED) is 0.728. The number of nitrogens with two attached hydrogens (primary N) is 1. The third-order valence-electron chi connectivity index (χ3n) is 2.62. The summed E-state index contributed by atoms with van der Waals surface area (Å²) in [6.45, 7) is 6.56. The lowest BCUT2D eigenvalue weighted by Crippen LogP contribution is -2.35. The van der Waals surface area contributed by atoms with Gasteiger partial charge in [-0.2, -0.15) is 0 Å². The summed E-state index contributed by atoms with van der Waals surface area (Å²) in [4.78, 5) is 14.0. The molecule has 2 N–H and O–H groups in total. The second kappa shape index (κ2) is 7.81. The molecule has 0 radical (unpaired) electrons. The maximum Gasteiger partial charge on any atom is 0.244 e. The number of aromatic nitrogens is 3. The Bertz CT molecular complexity index is 357. The Morgan fingerprint density at radius 2 is 2.06 bits per heavy atom. The van der Waals surface area contributed by atoms with Crippen LogP contribution in [0.15, 0.2) is 6.20 Å². The lowest BCUT2D eigenvalue weighted by Gasteiger charge is -2.21.